The molecule has 0 saturated carbocycles. The number of anilines is 1. The molecule has 0 unspecified atom stereocenters. The molecule has 2 aliphatic rings. The maximum Gasteiger partial charge on any atom is 0.154 e. The maximum absolute atomic E-state index is 14.0. The van der Waals surface area contributed by atoms with Gasteiger partial charge in [-0.25, -0.2) is 17.6 Å². The summed E-state index contributed by atoms with van der Waals surface area (Å²) < 4.78 is 55.3. The van der Waals surface area contributed by atoms with Gasteiger partial charge in [-0.1, -0.05) is 54.7 Å². The molecule has 53 heavy (non-hydrogen) atoms. The summed E-state index contributed by atoms with van der Waals surface area (Å²) in [4.78, 5) is 8.35. The molecule has 6 aromatic rings. The number of rotatable bonds is 3. The molecule has 274 valence electrons. The highest BCUT2D eigenvalue weighted by Gasteiger charge is 2.23. The van der Waals surface area contributed by atoms with Gasteiger partial charge in [-0.2, -0.15) is 7.74 Å². The Hall–Kier alpha value is -4.36. The summed E-state index contributed by atoms with van der Waals surface area (Å²) >= 11 is 17.0. The van der Waals surface area contributed by atoms with E-state index in [4.69, 9.17) is 42.5 Å². The smallest absolute Gasteiger partial charge is 0.154 e. The Kier molecular flexibility index (Phi) is 13.6. The molecule has 0 bridgehead atoms. The summed E-state index contributed by atoms with van der Waals surface area (Å²) in [5.41, 5.74) is 6.85. The number of aryl methyl sites for hydroxylation is 2. The molecule has 2 aliphatic heterocycles. The van der Waals surface area contributed by atoms with Crippen LogP contribution in [0.2, 0.25) is 15.5 Å². The van der Waals surface area contributed by atoms with Gasteiger partial charge in [0.15, 0.2) is 21.3 Å². The molecule has 4 aromatic heterocycles. The summed E-state index contributed by atoms with van der Waals surface area (Å²) in [5, 5.41) is 19.6. The fourth-order valence-corrected chi connectivity index (χ4v) is 6.20. The Balaban J connectivity index is 0.000000166. The second-order valence-electron chi connectivity index (χ2n) is 12.0. The van der Waals surface area contributed by atoms with Crippen LogP contribution in [0.25, 0.3) is 22.5 Å². The van der Waals surface area contributed by atoms with Crippen molar-refractivity contribution in [2.24, 2.45) is 0 Å². The predicted molar refractivity (Wildman–Crippen MR) is 207 cm³/mol. The zero-order valence-electron chi connectivity index (χ0n) is 28.0. The van der Waals surface area contributed by atoms with Crippen molar-refractivity contribution in [3.8, 4) is 22.5 Å². The number of hydrogen-bond acceptors (Lipinski definition) is 6. The van der Waals surface area contributed by atoms with Gasteiger partial charge in [0, 0.05) is 50.4 Å². The van der Waals surface area contributed by atoms with Gasteiger partial charge < -0.3 is 20.2 Å². The number of aromatic nitrogens is 6. The van der Waals surface area contributed by atoms with Crippen molar-refractivity contribution in [1.29, 1.82) is 0 Å². The van der Waals surface area contributed by atoms with E-state index in [1.807, 2.05) is 26.0 Å². The lowest BCUT2D eigenvalue weighted by molar-refractivity contribution is 0.588. The molecule has 17 heteroatoms. The van der Waals surface area contributed by atoms with E-state index in [0.717, 1.165) is 71.9 Å². The highest BCUT2D eigenvalue weighted by molar-refractivity contribution is 6.75. The zero-order chi connectivity index (χ0) is 38.2. The fraction of sp³-hybridized carbons (Fsp3) is 0.222. The second-order valence-corrected chi connectivity index (χ2v) is 13.1. The van der Waals surface area contributed by atoms with Crippen LogP contribution >= 0.6 is 34.8 Å². The Bertz CT molecular complexity index is 2140. The zero-order valence-corrected chi connectivity index (χ0v) is 30.2. The van der Waals surface area contributed by atoms with Crippen molar-refractivity contribution in [3.05, 3.63) is 133 Å². The molecule has 2 aromatic carbocycles. The minimum absolute atomic E-state index is 0.0226. The van der Waals surface area contributed by atoms with Crippen LogP contribution < -0.4 is 10.2 Å². The molecule has 0 saturated heterocycles. The van der Waals surface area contributed by atoms with Crippen molar-refractivity contribution in [2.45, 2.75) is 39.8 Å². The number of H-pyrrole nitrogens is 2. The van der Waals surface area contributed by atoms with Gasteiger partial charge in [-0.05, 0) is 84.6 Å². The van der Waals surface area contributed by atoms with Crippen molar-refractivity contribution >= 4 is 56.1 Å². The van der Waals surface area contributed by atoms with E-state index in [1.165, 1.54) is 36.4 Å². The lowest BCUT2D eigenvalue weighted by atomic mass is 9.81. The third-order valence-corrected chi connectivity index (χ3v) is 9.37. The molecule has 8 nitrogen and oxygen atoms in total. The van der Waals surface area contributed by atoms with E-state index in [9.17, 15) is 17.6 Å². The maximum atomic E-state index is 14.0. The molecule has 6 heterocycles. The van der Waals surface area contributed by atoms with Crippen LogP contribution in [-0.4, -0.2) is 58.9 Å². The number of fused-ring (bicyclic) bond motifs is 2. The summed E-state index contributed by atoms with van der Waals surface area (Å²) in [6.45, 7) is 6.68. The number of benzene rings is 2. The lowest BCUT2D eigenvalue weighted by Crippen LogP contribution is -2.30. The summed E-state index contributed by atoms with van der Waals surface area (Å²) in [7, 11) is 5.00. The molecule has 0 aliphatic carbocycles. The minimum Gasteiger partial charge on any atom is -0.358 e. The van der Waals surface area contributed by atoms with Gasteiger partial charge in [0.25, 0.3) is 0 Å². The van der Waals surface area contributed by atoms with Gasteiger partial charge in [0.2, 0.25) is 0 Å². The number of hydrogen-bond donors (Lipinski definition) is 3. The average molecular weight is 783 g/mol. The fourth-order valence-electron chi connectivity index (χ4n) is 5.82. The van der Waals surface area contributed by atoms with Crippen LogP contribution in [0.3, 0.4) is 0 Å². The van der Waals surface area contributed by atoms with Crippen molar-refractivity contribution in [1.82, 2.24) is 35.7 Å². The third-order valence-electron chi connectivity index (χ3n) is 8.44. The largest absolute Gasteiger partial charge is 0.358 e. The first-order chi connectivity index (χ1) is 25.5. The molecule has 2 radical (unpaired) electrons. The SMILES string of the molecule is Cc1cc(Cl)nnc1Cl.Cc1cc(N2CCc3[nH]c(-c4c(F)cccc4F)cc3C2)nnc1Cl.Fc1cccc(F)c1-c1cc2c([nH]1)CCNC2.[B][BH3-]. The lowest BCUT2D eigenvalue weighted by Gasteiger charge is -2.27. The van der Waals surface area contributed by atoms with E-state index in [-0.39, 0.29) is 18.9 Å². The first kappa shape index (κ1) is 39.8. The molecular weight excluding hydrogens is 748 g/mol. The number of aromatic amines is 2. The third kappa shape index (κ3) is 9.61. The van der Waals surface area contributed by atoms with E-state index in [2.05, 4.69) is 40.6 Å². The van der Waals surface area contributed by atoms with Gasteiger partial charge >= 0.3 is 0 Å². The van der Waals surface area contributed by atoms with Gasteiger partial charge in [-0.3, -0.25) is 0 Å². The number of nitrogens with one attached hydrogen (secondary N) is 3. The summed E-state index contributed by atoms with van der Waals surface area (Å²) in [6, 6.07) is 15.0. The monoisotopic (exact) mass is 781 g/mol. The molecule has 3 N–H and O–H groups in total. The molecule has 0 fully saturated rings. The number of halogens is 7. The van der Waals surface area contributed by atoms with Crippen LogP contribution in [0.1, 0.15) is 33.6 Å². The van der Waals surface area contributed by atoms with E-state index < -0.39 is 23.3 Å². The Labute approximate surface area is 321 Å². The Morgan fingerprint density at radius 2 is 1.19 bits per heavy atom. The second kappa shape index (κ2) is 18.1. The highest BCUT2D eigenvalue weighted by Crippen LogP contribution is 2.32. The predicted octanol–water partition coefficient (Wildman–Crippen LogP) is 7.41. The van der Waals surface area contributed by atoms with Gasteiger partial charge in [0.1, 0.15) is 23.3 Å². The molecule has 0 spiro atoms. The number of nitrogens with zero attached hydrogens (tertiary/aromatic N) is 5. The van der Waals surface area contributed by atoms with Crippen LogP contribution in [-0.2, 0) is 25.9 Å². The topological polar surface area (TPSA) is 98.4 Å². The first-order valence-corrected chi connectivity index (χ1v) is 17.0. The molecule has 0 atom stereocenters. The quantitative estimate of drug-likeness (QED) is 0.128. The summed E-state index contributed by atoms with van der Waals surface area (Å²) in [5.74, 6) is -1.47. The van der Waals surface area contributed by atoms with E-state index in [0.29, 0.717) is 33.4 Å². The Morgan fingerprint density at radius 3 is 1.70 bits per heavy atom. The minimum atomic E-state index is -0.574. The average Bonchev–Trinajstić information content (AvgIpc) is 3.76. The van der Waals surface area contributed by atoms with Gasteiger partial charge in [0.05, 0.1) is 22.5 Å². The van der Waals surface area contributed by atoms with E-state index >= 15 is 0 Å². The van der Waals surface area contributed by atoms with Gasteiger partial charge in [-0.15, -0.1) is 20.4 Å². The highest BCUT2D eigenvalue weighted by atomic mass is 35.5. The normalized spacial score (nSPS) is 13.0. The summed E-state index contributed by atoms with van der Waals surface area (Å²) in [6.07, 6.45) is 1.60. The first-order valence-electron chi connectivity index (χ1n) is 15.9. The van der Waals surface area contributed by atoms with Crippen LogP contribution in [0.4, 0.5) is 23.4 Å². The van der Waals surface area contributed by atoms with Crippen LogP contribution in [0, 0.1) is 37.1 Å². The van der Waals surface area contributed by atoms with Crippen LogP contribution in [0.15, 0.2) is 60.7 Å². The van der Waals surface area contributed by atoms with Crippen LogP contribution in [0.5, 0.6) is 0 Å². The van der Waals surface area contributed by atoms with Crippen molar-refractivity contribution in [3.63, 3.8) is 0 Å². The van der Waals surface area contributed by atoms with Crippen molar-refractivity contribution < 1.29 is 17.6 Å². The molecular formula is C36H34B2Cl3F4N8-. The standard InChI is InChI=1S/C18H15ClF2N4.C13H12F2N2.C5H4Cl2N2.B2H3/c1-10-7-16(23-24-18(10)19)25-6-5-14-11(9-25)8-15(22-14)17-12(20)3-2-4-13(17)21;14-9-2-1-3-10(15)13(9)12-6-8-7-16-5-4-11(8)17-12;1-3-2-4(6)8-9-5(3)7;1-2/h2-4,7-8,22H,5-6,9H2,1H3;1-3,6,16-17H,4-5,7H2;2H,1H3;1H3/q;;;-1. The molecule has 0 amide bonds. The van der Waals surface area contributed by atoms with E-state index in [1.54, 1.807) is 12.1 Å². The Morgan fingerprint density at radius 1 is 0.679 bits per heavy atom. The van der Waals surface area contributed by atoms with Crippen molar-refractivity contribution in [2.75, 3.05) is 18.0 Å². The molecule has 8 rings (SSSR count).